The Morgan fingerprint density at radius 1 is 1.50 bits per heavy atom. The molecule has 8 nitrogen and oxygen atoms in total. The maximum Gasteiger partial charge on any atom is 0.270 e. The van der Waals surface area contributed by atoms with Gasteiger partial charge >= 0.3 is 0 Å². The van der Waals surface area contributed by atoms with Crippen LogP contribution in [0.2, 0.25) is 0 Å². The molecule has 0 radical (unpaired) electrons. The molecule has 22 heavy (non-hydrogen) atoms. The molecule has 2 rings (SSSR count). The van der Waals surface area contributed by atoms with E-state index in [4.69, 9.17) is 4.74 Å². The molecule has 0 spiro atoms. The molecule has 1 aromatic heterocycles. The molecule has 1 amide bonds. The normalized spacial score (nSPS) is 19.8. The van der Waals surface area contributed by atoms with Crippen LogP contribution in [0.4, 0.5) is 5.95 Å². The molecular weight excluding hydrogens is 308 g/mol. The van der Waals surface area contributed by atoms with Crippen LogP contribution >= 0.6 is 0 Å². The average molecular weight is 328 g/mol. The molecule has 1 saturated heterocycles. The van der Waals surface area contributed by atoms with Gasteiger partial charge in [0.2, 0.25) is 5.95 Å². The van der Waals surface area contributed by atoms with Crippen LogP contribution in [0, 0.1) is 0 Å². The van der Waals surface area contributed by atoms with E-state index in [1.54, 1.807) is 7.11 Å². The van der Waals surface area contributed by atoms with E-state index in [1.165, 1.54) is 12.3 Å². The fraction of sp³-hybridized carbons (Fsp3) is 0.615. The summed E-state index contributed by atoms with van der Waals surface area (Å²) in [5, 5.41) is 5.70. The third-order valence-corrected chi connectivity index (χ3v) is 5.03. The number of sulfone groups is 1. The second-order valence-electron chi connectivity index (χ2n) is 5.11. The highest BCUT2D eigenvalue weighted by atomic mass is 32.2. The number of rotatable bonds is 7. The molecule has 2 heterocycles. The Labute approximate surface area is 129 Å². The van der Waals surface area contributed by atoms with Crippen molar-refractivity contribution in [3.63, 3.8) is 0 Å². The molecular formula is C13H20N4O4S. The predicted molar refractivity (Wildman–Crippen MR) is 81.5 cm³/mol. The number of carbonyl (C=O) groups excluding carboxylic acids is 1. The van der Waals surface area contributed by atoms with E-state index in [0.717, 1.165) is 6.42 Å². The van der Waals surface area contributed by atoms with E-state index in [9.17, 15) is 13.2 Å². The highest BCUT2D eigenvalue weighted by Gasteiger charge is 2.29. The lowest BCUT2D eigenvalue weighted by Gasteiger charge is -2.11. The van der Waals surface area contributed by atoms with Crippen LogP contribution < -0.4 is 10.6 Å². The maximum absolute atomic E-state index is 12.1. The minimum Gasteiger partial charge on any atom is -0.385 e. The molecule has 2 N–H and O–H groups in total. The SMILES string of the molecule is COCCCNc1nccc(C(=O)NC2CCS(=O)(=O)C2)n1. The van der Waals surface area contributed by atoms with Crippen LogP contribution in [0.15, 0.2) is 12.3 Å². The lowest BCUT2D eigenvalue weighted by atomic mass is 10.2. The average Bonchev–Trinajstić information content (AvgIpc) is 2.83. The maximum atomic E-state index is 12.1. The molecule has 0 saturated carbocycles. The number of ether oxygens (including phenoxy) is 1. The third kappa shape index (κ3) is 4.92. The smallest absolute Gasteiger partial charge is 0.270 e. The Morgan fingerprint density at radius 3 is 3.00 bits per heavy atom. The number of hydrogen-bond donors (Lipinski definition) is 2. The first kappa shape index (κ1) is 16.6. The van der Waals surface area contributed by atoms with Crippen LogP contribution in [0.1, 0.15) is 23.3 Å². The topological polar surface area (TPSA) is 110 Å². The van der Waals surface area contributed by atoms with E-state index in [1.807, 2.05) is 0 Å². The van der Waals surface area contributed by atoms with Gasteiger partial charge < -0.3 is 15.4 Å². The Balaban J connectivity index is 1.90. The molecule has 1 atom stereocenters. The summed E-state index contributed by atoms with van der Waals surface area (Å²) in [6.07, 6.45) is 2.74. The van der Waals surface area contributed by atoms with Crippen molar-refractivity contribution < 1.29 is 17.9 Å². The van der Waals surface area contributed by atoms with Gasteiger partial charge in [0.05, 0.1) is 11.5 Å². The van der Waals surface area contributed by atoms with E-state index < -0.39 is 9.84 Å². The number of nitrogens with zero attached hydrogens (tertiary/aromatic N) is 2. The lowest BCUT2D eigenvalue weighted by Crippen LogP contribution is -2.36. The first-order chi connectivity index (χ1) is 10.5. The van der Waals surface area contributed by atoms with E-state index in [2.05, 4.69) is 20.6 Å². The monoisotopic (exact) mass is 328 g/mol. The van der Waals surface area contributed by atoms with Crippen LogP contribution in [0.3, 0.4) is 0 Å². The van der Waals surface area contributed by atoms with Crippen LogP contribution in [0.25, 0.3) is 0 Å². The van der Waals surface area contributed by atoms with Gasteiger partial charge in [-0.25, -0.2) is 18.4 Å². The number of methoxy groups -OCH3 is 1. The molecule has 1 fully saturated rings. The number of anilines is 1. The first-order valence-electron chi connectivity index (χ1n) is 7.07. The zero-order chi connectivity index (χ0) is 16.0. The molecule has 1 aliphatic rings. The summed E-state index contributed by atoms with van der Waals surface area (Å²) in [5.41, 5.74) is 0.216. The van der Waals surface area contributed by atoms with Gasteiger partial charge in [-0.05, 0) is 18.9 Å². The van der Waals surface area contributed by atoms with Crippen molar-refractivity contribution in [2.45, 2.75) is 18.9 Å². The Morgan fingerprint density at radius 2 is 2.32 bits per heavy atom. The van der Waals surface area contributed by atoms with Gasteiger partial charge in [0, 0.05) is 32.5 Å². The number of nitrogens with one attached hydrogen (secondary N) is 2. The van der Waals surface area contributed by atoms with Gasteiger partial charge in [-0.2, -0.15) is 0 Å². The van der Waals surface area contributed by atoms with Crippen molar-refractivity contribution in [1.29, 1.82) is 0 Å². The quantitative estimate of drug-likeness (QED) is 0.669. The fourth-order valence-electron chi connectivity index (χ4n) is 2.16. The molecule has 122 valence electrons. The highest BCUT2D eigenvalue weighted by Crippen LogP contribution is 2.12. The highest BCUT2D eigenvalue weighted by molar-refractivity contribution is 7.91. The summed E-state index contributed by atoms with van der Waals surface area (Å²) in [4.78, 5) is 20.3. The number of carbonyl (C=O) groups is 1. The largest absolute Gasteiger partial charge is 0.385 e. The predicted octanol–water partition coefficient (Wildman–Crippen LogP) is -0.158. The summed E-state index contributed by atoms with van der Waals surface area (Å²) >= 11 is 0. The Kier molecular flexibility index (Phi) is 5.67. The van der Waals surface area contributed by atoms with Crippen LogP contribution in [-0.2, 0) is 14.6 Å². The lowest BCUT2D eigenvalue weighted by molar-refractivity contribution is 0.0936. The summed E-state index contributed by atoms with van der Waals surface area (Å²) in [6, 6.07) is 1.16. The molecule has 1 aromatic rings. The fourth-order valence-corrected chi connectivity index (χ4v) is 3.83. The third-order valence-electron chi connectivity index (χ3n) is 3.26. The molecule has 0 aliphatic carbocycles. The molecule has 0 aromatic carbocycles. The van der Waals surface area contributed by atoms with Crippen molar-refractivity contribution >= 4 is 21.7 Å². The van der Waals surface area contributed by atoms with Gasteiger partial charge in [-0.3, -0.25) is 4.79 Å². The minimum absolute atomic E-state index is 0.00799. The second kappa shape index (κ2) is 7.50. The van der Waals surface area contributed by atoms with Gasteiger partial charge in [-0.15, -0.1) is 0 Å². The van der Waals surface area contributed by atoms with Crippen molar-refractivity contribution in [1.82, 2.24) is 15.3 Å². The van der Waals surface area contributed by atoms with Gasteiger partial charge in [-0.1, -0.05) is 0 Å². The zero-order valence-corrected chi connectivity index (χ0v) is 13.2. The van der Waals surface area contributed by atoms with Gasteiger partial charge in [0.1, 0.15) is 5.69 Å². The van der Waals surface area contributed by atoms with E-state index >= 15 is 0 Å². The van der Waals surface area contributed by atoms with E-state index in [-0.39, 0.29) is 29.1 Å². The number of hydrogen-bond acceptors (Lipinski definition) is 7. The Bertz CT molecular complexity index is 620. The van der Waals surface area contributed by atoms with Crippen LogP contribution in [-0.4, -0.2) is 62.1 Å². The standard InChI is InChI=1S/C13H20N4O4S/c1-21-7-2-5-14-13-15-6-3-11(17-13)12(18)16-10-4-8-22(19,20)9-10/h3,6,10H,2,4-5,7-9H2,1H3,(H,16,18)(H,14,15,17). The summed E-state index contributed by atoms with van der Waals surface area (Å²) in [6.45, 7) is 1.27. The second-order valence-corrected chi connectivity index (χ2v) is 7.34. The number of aromatic nitrogens is 2. The Hall–Kier alpha value is -1.74. The first-order valence-corrected chi connectivity index (χ1v) is 8.89. The molecule has 0 bridgehead atoms. The van der Waals surface area contributed by atoms with Gasteiger partial charge in [0.15, 0.2) is 9.84 Å². The van der Waals surface area contributed by atoms with E-state index in [0.29, 0.717) is 25.5 Å². The van der Waals surface area contributed by atoms with Crippen molar-refractivity contribution in [3.8, 4) is 0 Å². The molecule has 1 aliphatic heterocycles. The van der Waals surface area contributed by atoms with Crippen molar-refractivity contribution in [3.05, 3.63) is 18.0 Å². The summed E-state index contributed by atoms with van der Waals surface area (Å²) < 4.78 is 27.7. The summed E-state index contributed by atoms with van der Waals surface area (Å²) in [5.74, 6) is 0.0900. The van der Waals surface area contributed by atoms with Crippen molar-refractivity contribution in [2.75, 3.05) is 37.1 Å². The minimum atomic E-state index is -3.02. The van der Waals surface area contributed by atoms with Gasteiger partial charge in [0.25, 0.3) is 5.91 Å². The molecule has 9 heteroatoms. The number of amides is 1. The summed E-state index contributed by atoms with van der Waals surface area (Å²) in [7, 11) is -1.39. The molecule has 1 unspecified atom stereocenters. The van der Waals surface area contributed by atoms with Crippen molar-refractivity contribution in [2.24, 2.45) is 0 Å². The zero-order valence-electron chi connectivity index (χ0n) is 12.4. The van der Waals surface area contributed by atoms with Crippen LogP contribution in [0.5, 0.6) is 0 Å².